The average Bonchev–Trinajstić information content (AvgIpc) is 0.801. The molecular weight excluding hydrogens is 1270 g/mol. The maximum absolute atomic E-state index is 15.0. The van der Waals surface area contributed by atoms with Crippen LogP contribution in [0.1, 0.15) is 132 Å². The number of ketones is 2. The van der Waals surface area contributed by atoms with Gasteiger partial charge in [0.1, 0.15) is 11.5 Å². The second-order valence-corrected chi connectivity index (χ2v) is 25.5. The van der Waals surface area contributed by atoms with E-state index in [2.05, 4.69) is 46.5 Å². The van der Waals surface area contributed by atoms with Crippen molar-refractivity contribution < 1.29 is 67.4 Å². The molecule has 0 radical (unpaired) electrons. The first-order chi connectivity index (χ1) is 46.5. The summed E-state index contributed by atoms with van der Waals surface area (Å²) in [5.74, 6) is -8.88. The predicted molar refractivity (Wildman–Crippen MR) is 376 cm³/mol. The van der Waals surface area contributed by atoms with Gasteiger partial charge in [-0.1, -0.05) is 31.2 Å². The van der Waals surface area contributed by atoms with Crippen molar-refractivity contribution in [2.75, 3.05) is 130 Å². The number of rotatable bonds is 53. The zero-order valence-corrected chi connectivity index (χ0v) is 58.5. The van der Waals surface area contributed by atoms with E-state index < -0.39 is 92.9 Å². The van der Waals surface area contributed by atoms with Gasteiger partial charge in [-0.15, -0.1) is 0 Å². The molecule has 4 amide bonds. The van der Waals surface area contributed by atoms with E-state index in [0.717, 1.165) is 12.8 Å². The van der Waals surface area contributed by atoms with E-state index in [1.807, 2.05) is 0 Å². The number of hydrogen-bond acceptors (Lipinski definition) is 23. The lowest BCUT2D eigenvalue weighted by Gasteiger charge is -2.39. The highest BCUT2D eigenvalue weighted by molar-refractivity contribution is 6.03. The molecule has 550 valence electrons. The molecule has 5 unspecified atom stereocenters. The Bertz CT molecular complexity index is 2950. The molecule has 1 heterocycles. The number of ether oxygens (including phenoxy) is 6. The molecule has 0 aliphatic rings. The largest absolute Gasteiger partial charge is 0.508 e. The first-order valence-electron chi connectivity index (χ1n) is 33.6. The SMILES string of the molecule is CC(C(=O)C(CCCN=C(N)N)NC(=O)c1nc(N)c(C(=O)NC(C)(C)C(Cc2ccc(O)cc2)C(=O)NC(C)(C)C(CCCN=C(N)N)C(=O)NCCCOCCOCCOCCCN)nc1N)C(Cc1ccc(O)cc1)C(=O)C(C)(C)NCCCOCCOCCOCCCN. The number of nitrogens with two attached hydrogens (primary N) is 8. The van der Waals surface area contributed by atoms with E-state index >= 15 is 0 Å². The lowest BCUT2D eigenvalue weighted by molar-refractivity contribution is -0.136. The summed E-state index contributed by atoms with van der Waals surface area (Å²) in [7, 11) is 0. The molecule has 0 saturated carbocycles. The van der Waals surface area contributed by atoms with Gasteiger partial charge in [0.05, 0.1) is 76.3 Å². The number of nitrogens with zero attached hydrogens (tertiary/aromatic N) is 4. The first-order valence-corrected chi connectivity index (χ1v) is 33.6. The Morgan fingerprint density at radius 2 is 0.939 bits per heavy atom. The Morgan fingerprint density at radius 1 is 0.520 bits per heavy atom. The minimum Gasteiger partial charge on any atom is -0.508 e. The van der Waals surface area contributed by atoms with Crippen LogP contribution in [0.3, 0.4) is 0 Å². The fourth-order valence-corrected chi connectivity index (χ4v) is 10.6. The number of aromatic nitrogens is 2. The smallest absolute Gasteiger partial charge is 0.274 e. The predicted octanol–water partition coefficient (Wildman–Crippen LogP) is 0.831. The number of anilines is 2. The molecule has 3 aromatic rings. The Hall–Kier alpha value is -7.88. The molecule has 0 aliphatic carbocycles. The summed E-state index contributed by atoms with van der Waals surface area (Å²) in [5, 5.41) is 35.3. The normalized spacial score (nSPS) is 13.3. The Morgan fingerprint density at radius 3 is 1.41 bits per heavy atom. The van der Waals surface area contributed by atoms with Gasteiger partial charge >= 0.3 is 0 Å². The number of carbonyl (C=O) groups excluding carboxylic acids is 6. The maximum Gasteiger partial charge on any atom is 0.274 e. The van der Waals surface area contributed by atoms with Gasteiger partial charge in [0.2, 0.25) is 11.8 Å². The molecule has 23 N–H and O–H groups in total. The number of nitrogens with one attached hydrogen (secondary N) is 5. The summed E-state index contributed by atoms with van der Waals surface area (Å²) in [4.78, 5) is 104. The van der Waals surface area contributed by atoms with Gasteiger partial charge in [0.25, 0.3) is 11.8 Å². The van der Waals surface area contributed by atoms with Crippen molar-refractivity contribution >= 4 is 58.8 Å². The van der Waals surface area contributed by atoms with E-state index in [-0.39, 0.29) is 86.8 Å². The molecule has 2 aromatic carbocycles. The lowest BCUT2D eigenvalue weighted by Crippen LogP contribution is -2.60. The quantitative estimate of drug-likeness (QED) is 0.0211. The van der Waals surface area contributed by atoms with Crippen LogP contribution in [-0.2, 0) is 60.4 Å². The van der Waals surface area contributed by atoms with Crippen molar-refractivity contribution in [1.29, 1.82) is 0 Å². The van der Waals surface area contributed by atoms with E-state index in [4.69, 9.17) is 74.3 Å². The van der Waals surface area contributed by atoms with Crippen LogP contribution in [0, 0.1) is 23.7 Å². The second-order valence-electron chi connectivity index (χ2n) is 25.5. The summed E-state index contributed by atoms with van der Waals surface area (Å²) in [5.41, 5.74) is 42.8. The van der Waals surface area contributed by atoms with Gasteiger partial charge in [-0.05, 0) is 161 Å². The highest BCUT2D eigenvalue weighted by atomic mass is 16.5. The second kappa shape index (κ2) is 44.9. The molecule has 0 fully saturated rings. The number of phenols is 2. The molecule has 98 heavy (non-hydrogen) atoms. The van der Waals surface area contributed by atoms with E-state index in [9.17, 15) is 39.0 Å². The molecule has 1 aromatic heterocycles. The van der Waals surface area contributed by atoms with Gasteiger partial charge in [0.15, 0.2) is 46.5 Å². The molecular formula is C67H113N17O14. The van der Waals surface area contributed by atoms with Crippen molar-refractivity contribution in [3.63, 3.8) is 0 Å². The fourth-order valence-electron chi connectivity index (χ4n) is 10.6. The number of aliphatic imine (C=N–C) groups is 2. The van der Waals surface area contributed by atoms with E-state index in [1.54, 1.807) is 72.7 Å². The van der Waals surface area contributed by atoms with Crippen LogP contribution < -0.4 is 72.5 Å². The van der Waals surface area contributed by atoms with Crippen molar-refractivity contribution in [3.05, 3.63) is 71.0 Å². The molecule has 31 heteroatoms. The first kappa shape index (κ1) is 84.3. The molecule has 0 spiro atoms. The number of nitrogen functional groups attached to an aromatic ring is 2. The van der Waals surface area contributed by atoms with Crippen LogP contribution in [0.4, 0.5) is 11.6 Å². The summed E-state index contributed by atoms with van der Waals surface area (Å²) in [6.45, 7) is 19.0. The molecule has 3 rings (SSSR count). The average molecular weight is 1380 g/mol. The number of phenolic OH excluding ortho intramolecular Hbond substituents is 2. The molecule has 0 saturated heterocycles. The van der Waals surface area contributed by atoms with Crippen molar-refractivity contribution in [2.24, 2.45) is 68.1 Å². The third-order valence-corrected chi connectivity index (χ3v) is 16.2. The zero-order chi connectivity index (χ0) is 72.7. The number of amides is 4. The minimum atomic E-state index is -1.45. The molecule has 5 atom stereocenters. The van der Waals surface area contributed by atoms with Crippen molar-refractivity contribution in [2.45, 2.75) is 135 Å². The summed E-state index contributed by atoms with van der Waals surface area (Å²) in [6, 6.07) is 11.2. The van der Waals surface area contributed by atoms with E-state index in [1.165, 1.54) is 24.3 Å². The number of carbonyl (C=O) groups is 6. The zero-order valence-electron chi connectivity index (χ0n) is 58.5. The maximum atomic E-state index is 15.0. The number of aromatic hydroxyl groups is 2. The lowest BCUT2D eigenvalue weighted by atomic mass is 9.75. The summed E-state index contributed by atoms with van der Waals surface area (Å²) in [6.07, 6.45) is 3.54. The van der Waals surface area contributed by atoms with Crippen LogP contribution in [-0.4, -0.2) is 209 Å². The molecule has 0 aliphatic heterocycles. The van der Waals surface area contributed by atoms with Crippen LogP contribution in [0.2, 0.25) is 0 Å². The van der Waals surface area contributed by atoms with Gasteiger partial charge in [-0.25, -0.2) is 9.97 Å². The third-order valence-electron chi connectivity index (χ3n) is 16.2. The van der Waals surface area contributed by atoms with Crippen LogP contribution in [0.25, 0.3) is 0 Å². The topological polar surface area (TPSA) is 517 Å². The Labute approximate surface area is 576 Å². The van der Waals surface area contributed by atoms with Gasteiger partial charge in [-0.2, -0.15) is 0 Å². The highest BCUT2D eigenvalue weighted by Crippen LogP contribution is 2.31. The summed E-state index contributed by atoms with van der Waals surface area (Å²) >= 11 is 0. The van der Waals surface area contributed by atoms with Crippen molar-refractivity contribution in [3.8, 4) is 11.5 Å². The van der Waals surface area contributed by atoms with Crippen LogP contribution >= 0.6 is 0 Å². The van der Waals surface area contributed by atoms with E-state index in [0.29, 0.717) is 129 Å². The van der Waals surface area contributed by atoms with Gasteiger partial charge in [-0.3, -0.25) is 38.8 Å². The fraction of sp³-hybridized carbons (Fsp3) is 0.642. The summed E-state index contributed by atoms with van der Waals surface area (Å²) < 4.78 is 33.4. The monoisotopic (exact) mass is 1380 g/mol. The molecule has 31 nitrogen and oxygen atoms in total. The third kappa shape index (κ3) is 31.8. The highest BCUT2D eigenvalue weighted by Gasteiger charge is 2.44. The standard InChI is InChI=1S/C67H113N17O14/c1-44(49(42-45-16-20-47(85)21-17-45)56(88)67(6,7)79-29-13-33-96-37-41-98-39-35-94-31-11-25-69)55(87)52(15-9-27-78-64(74)75)80-61(91)53-57(70)82-54(58(71)81-53)62(92)84-66(4,5)51(43-46-18-22-48(86)23-19-46)60(90)83-65(2,3)50(14-8-26-77-63(72)73)59(89)76-28-12-32-95-36-40-97-38-34-93-30-10-24-68/h16-23,44,49-52,79,85-86H,8-15,24-43,68-69H2,1-7H3,(H2,70,82)(H2,71,81)(H,76,89)(H,80,91)(H,83,90)(H,84,92)(H4,72,73,77)(H4,74,75,78). The van der Waals surface area contributed by atoms with Crippen LogP contribution in [0.5, 0.6) is 11.5 Å². The number of hydrogen-bond donors (Lipinski definition) is 15. The molecule has 0 bridgehead atoms. The number of guanidine groups is 2. The van der Waals surface area contributed by atoms with Gasteiger partial charge < -0.3 is 111 Å². The van der Waals surface area contributed by atoms with Crippen LogP contribution in [0.15, 0.2) is 58.5 Å². The minimum absolute atomic E-state index is 0.00954. The van der Waals surface area contributed by atoms with Crippen molar-refractivity contribution in [1.82, 2.24) is 36.6 Å². The number of benzene rings is 2. The van der Waals surface area contributed by atoms with Gasteiger partial charge in [0, 0.05) is 69.0 Å². The number of Topliss-reactive ketones (excluding diaryl/α,β-unsaturated/α-hetero) is 2. The Kier molecular flexibility index (Phi) is 38.7. The Balaban J connectivity index is 1.87.